The number of methoxy groups -OCH3 is 1. The summed E-state index contributed by atoms with van der Waals surface area (Å²) in [5.41, 5.74) is 0.970. The second-order valence-electron chi connectivity index (χ2n) is 7.38. The highest BCUT2D eigenvalue weighted by Gasteiger charge is 2.32. The molecule has 1 atom stereocenters. The maximum atomic E-state index is 12.9. The minimum atomic E-state index is -3.58. The molecule has 0 spiro atoms. The molecule has 3 rings (SSSR count). The van der Waals surface area contributed by atoms with Crippen LogP contribution in [0.5, 0.6) is 5.75 Å². The molecule has 6 nitrogen and oxygen atoms in total. The zero-order valence-electron chi connectivity index (χ0n) is 17.2. The van der Waals surface area contributed by atoms with Crippen molar-refractivity contribution in [2.24, 2.45) is 5.92 Å². The monoisotopic (exact) mass is 450 g/mol. The Bertz CT molecular complexity index is 971. The number of carbonyl (C=O) groups is 1. The van der Waals surface area contributed by atoms with Gasteiger partial charge < -0.3 is 10.1 Å². The van der Waals surface area contributed by atoms with Crippen molar-refractivity contribution in [1.29, 1.82) is 0 Å². The van der Waals surface area contributed by atoms with E-state index in [1.54, 1.807) is 30.3 Å². The molecule has 2 aromatic rings. The number of benzene rings is 2. The van der Waals surface area contributed by atoms with Gasteiger partial charge in [-0.05, 0) is 61.2 Å². The van der Waals surface area contributed by atoms with Gasteiger partial charge in [0.05, 0.1) is 18.0 Å². The molecular weight excluding hydrogens is 424 g/mol. The first-order valence-corrected chi connectivity index (χ1v) is 11.9. The van der Waals surface area contributed by atoms with Gasteiger partial charge in [-0.15, -0.1) is 0 Å². The van der Waals surface area contributed by atoms with Crippen molar-refractivity contribution in [1.82, 2.24) is 9.62 Å². The Kier molecular flexibility index (Phi) is 7.39. The molecule has 1 aliphatic heterocycles. The normalized spacial score (nSPS) is 16.8. The minimum absolute atomic E-state index is 0.0386. The average molecular weight is 451 g/mol. The predicted molar refractivity (Wildman–Crippen MR) is 117 cm³/mol. The van der Waals surface area contributed by atoms with Crippen LogP contribution in [-0.4, -0.2) is 38.8 Å². The van der Waals surface area contributed by atoms with Crippen LogP contribution < -0.4 is 10.1 Å². The number of ether oxygens (including phenoxy) is 1. The number of halogens is 1. The quantitative estimate of drug-likeness (QED) is 0.691. The molecule has 1 aliphatic rings. The highest BCUT2D eigenvalue weighted by Crippen LogP contribution is 2.27. The van der Waals surface area contributed by atoms with Gasteiger partial charge in [0.15, 0.2) is 0 Å². The Morgan fingerprint density at radius 1 is 1.20 bits per heavy atom. The molecule has 2 aromatic carbocycles. The first-order chi connectivity index (χ1) is 14.3. The summed E-state index contributed by atoms with van der Waals surface area (Å²) in [6, 6.07) is 13.7. The third kappa shape index (κ3) is 5.14. The standard InChI is InChI=1S/C22H27ClN2O4S/c1-3-21(17-5-4-6-18(23)15-17)24-22(26)16-11-13-25(14-12-16)30(27,28)20-9-7-19(29-2)8-10-20/h4-10,15-16,21H,3,11-14H2,1-2H3,(H,24,26). The lowest BCUT2D eigenvalue weighted by atomic mass is 9.96. The van der Waals surface area contributed by atoms with Crippen LogP contribution in [0.1, 0.15) is 37.8 Å². The zero-order chi connectivity index (χ0) is 21.7. The van der Waals surface area contributed by atoms with Gasteiger partial charge in [-0.25, -0.2) is 8.42 Å². The molecule has 0 bridgehead atoms. The highest BCUT2D eigenvalue weighted by atomic mass is 35.5. The first kappa shape index (κ1) is 22.6. The molecule has 0 aromatic heterocycles. The number of sulfonamides is 1. The van der Waals surface area contributed by atoms with Gasteiger partial charge in [0.25, 0.3) is 0 Å². The van der Waals surface area contributed by atoms with Crippen LogP contribution >= 0.6 is 11.6 Å². The van der Waals surface area contributed by atoms with Crippen LogP contribution in [0.3, 0.4) is 0 Å². The van der Waals surface area contributed by atoms with Gasteiger partial charge in [-0.3, -0.25) is 4.79 Å². The molecule has 1 saturated heterocycles. The fourth-order valence-corrected chi connectivity index (χ4v) is 5.36. The minimum Gasteiger partial charge on any atom is -0.497 e. The third-order valence-corrected chi connectivity index (χ3v) is 7.65. The summed E-state index contributed by atoms with van der Waals surface area (Å²) in [5.74, 6) is 0.360. The van der Waals surface area contributed by atoms with Gasteiger partial charge in [0, 0.05) is 24.0 Å². The Hall–Kier alpha value is -2.09. The van der Waals surface area contributed by atoms with Gasteiger partial charge in [-0.2, -0.15) is 4.31 Å². The van der Waals surface area contributed by atoms with Crippen molar-refractivity contribution in [2.45, 2.75) is 37.1 Å². The van der Waals surface area contributed by atoms with Crippen LogP contribution in [0.2, 0.25) is 5.02 Å². The van der Waals surface area contributed by atoms with Crippen LogP contribution in [0.15, 0.2) is 53.4 Å². The Morgan fingerprint density at radius 3 is 2.43 bits per heavy atom. The fourth-order valence-electron chi connectivity index (χ4n) is 3.69. The fraction of sp³-hybridized carbons (Fsp3) is 0.409. The molecule has 1 unspecified atom stereocenters. The third-order valence-electron chi connectivity index (χ3n) is 5.50. The number of piperidine rings is 1. The van der Waals surface area contributed by atoms with Gasteiger partial charge in [0.1, 0.15) is 5.75 Å². The number of nitrogens with zero attached hydrogens (tertiary/aromatic N) is 1. The van der Waals surface area contributed by atoms with Crippen LogP contribution in [0, 0.1) is 5.92 Å². The lowest BCUT2D eigenvalue weighted by Crippen LogP contribution is -2.43. The van der Waals surface area contributed by atoms with Crippen molar-refractivity contribution in [2.75, 3.05) is 20.2 Å². The van der Waals surface area contributed by atoms with Crippen molar-refractivity contribution >= 4 is 27.5 Å². The molecule has 1 fully saturated rings. The highest BCUT2D eigenvalue weighted by molar-refractivity contribution is 7.89. The maximum absolute atomic E-state index is 12.9. The molecule has 162 valence electrons. The SMILES string of the molecule is CCC(NC(=O)C1CCN(S(=O)(=O)c2ccc(OC)cc2)CC1)c1cccc(Cl)c1. The van der Waals surface area contributed by atoms with Gasteiger partial charge >= 0.3 is 0 Å². The van der Waals surface area contributed by atoms with Crippen LogP contribution in [0.4, 0.5) is 0 Å². The molecule has 1 heterocycles. The molecule has 30 heavy (non-hydrogen) atoms. The summed E-state index contributed by atoms with van der Waals surface area (Å²) in [6.07, 6.45) is 1.73. The smallest absolute Gasteiger partial charge is 0.243 e. The molecule has 8 heteroatoms. The van der Waals surface area contributed by atoms with E-state index in [0.717, 1.165) is 12.0 Å². The largest absolute Gasteiger partial charge is 0.497 e. The molecule has 0 aliphatic carbocycles. The summed E-state index contributed by atoms with van der Waals surface area (Å²) in [4.78, 5) is 13.0. The van der Waals surface area contributed by atoms with Crippen LogP contribution in [-0.2, 0) is 14.8 Å². The van der Waals surface area contributed by atoms with Crippen LogP contribution in [0.25, 0.3) is 0 Å². The second-order valence-corrected chi connectivity index (χ2v) is 9.75. The van der Waals surface area contributed by atoms with Crippen molar-refractivity contribution < 1.29 is 17.9 Å². The average Bonchev–Trinajstić information content (AvgIpc) is 2.77. The number of nitrogens with one attached hydrogen (secondary N) is 1. The molecule has 1 N–H and O–H groups in total. The summed E-state index contributed by atoms with van der Waals surface area (Å²) >= 11 is 6.08. The zero-order valence-corrected chi connectivity index (χ0v) is 18.7. The van der Waals surface area contributed by atoms with E-state index in [4.69, 9.17) is 16.3 Å². The predicted octanol–water partition coefficient (Wildman–Crippen LogP) is 4.02. The van der Waals surface area contributed by atoms with E-state index in [1.807, 2.05) is 25.1 Å². The Balaban J connectivity index is 1.60. The molecule has 1 amide bonds. The lowest BCUT2D eigenvalue weighted by Gasteiger charge is -2.31. The van der Waals surface area contributed by atoms with E-state index in [0.29, 0.717) is 36.7 Å². The number of amides is 1. The van der Waals surface area contributed by atoms with E-state index in [-0.39, 0.29) is 22.8 Å². The lowest BCUT2D eigenvalue weighted by molar-refractivity contribution is -0.126. The van der Waals surface area contributed by atoms with E-state index in [2.05, 4.69) is 5.32 Å². The number of rotatable bonds is 7. The molecule has 0 saturated carbocycles. The van der Waals surface area contributed by atoms with E-state index in [1.165, 1.54) is 11.4 Å². The Morgan fingerprint density at radius 2 is 1.87 bits per heavy atom. The maximum Gasteiger partial charge on any atom is 0.243 e. The topological polar surface area (TPSA) is 75.7 Å². The second kappa shape index (κ2) is 9.81. The van der Waals surface area contributed by atoms with Crippen molar-refractivity contribution in [3.63, 3.8) is 0 Å². The van der Waals surface area contributed by atoms with E-state index >= 15 is 0 Å². The molecule has 0 radical (unpaired) electrons. The number of hydrogen-bond acceptors (Lipinski definition) is 4. The summed E-state index contributed by atoms with van der Waals surface area (Å²) < 4.78 is 32.3. The van der Waals surface area contributed by atoms with E-state index < -0.39 is 10.0 Å². The number of hydrogen-bond donors (Lipinski definition) is 1. The first-order valence-electron chi connectivity index (χ1n) is 10.0. The summed E-state index contributed by atoms with van der Waals surface area (Å²) in [5, 5.41) is 3.73. The Labute approximate surface area is 183 Å². The van der Waals surface area contributed by atoms with Gasteiger partial charge in [0.2, 0.25) is 15.9 Å². The van der Waals surface area contributed by atoms with Gasteiger partial charge in [-0.1, -0.05) is 30.7 Å². The number of carbonyl (C=O) groups excluding carboxylic acids is 1. The van der Waals surface area contributed by atoms with E-state index in [9.17, 15) is 13.2 Å². The summed E-state index contributed by atoms with van der Waals surface area (Å²) in [6.45, 7) is 2.65. The van der Waals surface area contributed by atoms with Crippen molar-refractivity contribution in [3.8, 4) is 5.75 Å². The van der Waals surface area contributed by atoms with Crippen molar-refractivity contribution in [3.05, 3.63) is 59.1 Å². The summed E-state index contributed by atoms with van der Waals surface area (Å²) in [7, 11) is -2.04. The molecular formula is C22H27ClN2O4S.